The number of rotatable bonds is 2. The molecule has 3 aromatic rings. The van der Waals surface area contributed by atoms with Crippen LogP contribution < -0.4 is 27.2 Å². The van der Waals surface area contributed by atoms with Crippen molar-refractivity contribution in [2.45, 2.75) is 5.92 Å². The third-order valence-corrected chi connectivity index (χ3v) is 4.21. The zero-order valence-electron chi connectivity index (χ0n) is 13.6. The van der Waals surface area contributed by atoms with Crippen molar-refractivity contribution in [3.63, 3.8) is 0 Å². The van der Waals surface area contributed by atoms with Crippen molar-refractivity contribution in [2.75, 3.05) is 0 Å². The summed E-state index contributed by atoms with van der Waals surface area (Å²) >= 11 is 0. The first-order valence-corrected chi connectivity index (χ1v) is 7.64. The van der Waals surface area contributed by atoms with Gasteiger partial charge in [-0.1, -0.05) is 0 Å². The highest BCUT2D eigenvalue weighted by Gasteiger charge is 2.37. The van der Waals surface area contributed by atoms with Crippen molar-refractivity contribution in [1.82, 2.24) is 19.9 Å². The molecule has 1 aromatic carbocycles. The van der Waals surface area contributed by atoms with Crippen LogP contribution in [-0.4, -0.2) is 30.0 Å². The van der Waals surface area contributed by atoms with E-state index in [4.69, 9.17) is 4.74 Å². The fourth-order valence-electron chi connectivity index (χ4n) is 3.10. The molecule has 5 N–H and O–H groups in total. The molecule has 3 heterocycles. The molecule has 4 rings (SSSR count). The number of benzene rings is 1. The summed E-state index contributed by atoms with van der Waals surface area (Å²) in [6, 6.07) is 3.42. The second-order valence-corrected chi connectivity index (χ2v) is 5.84. The van der Waals surface area contributed by atoms with Gasteiger partial charge in [0.2, 0.25) is 11.8 Å². The Bertz CT molecular complexity index is 1350. The van der Waals surface area contributed by atoms with Crippen molar-refractivity contribution >= 4 is 5.69 Å². The second-order valence-electron chi connectivity index (χ2n) is 5.84. The minimum atomic E-state index is -1.38. The molecule has 28 heavy (non-hydrogen) atoms. The molecule has 142 valence electrons. The average molecular weight is 387 g/mol. The summed E-state index contributed by atoms with van der Waals surface area (Å²) in [6.07, 6.45) is 0. The number of fused-ring (bicyclic) bond motifs is 2. The summed E-state index contributed by atoms with van der Waals surface area (Å²) < 4.78 is 5.47. The summed E-state index contributed by atoms with van der Waals surface area (Å²) in [5, 5.41) is 21.3. The predicted molar refractivity (Wildman–Crippen MR) is 91.1 cm³/mol. The van der Waals surface area contributed by atoms with Gasteiger partial charge in [-0.15, -0.1) is 0 Å². The predicted octanol–water partition coefficient (Wildman–Crippen LogP) is -0.661. The number of aromatic nitrogens is 4. The largest absolute Gasteiger partial charge is 0.494 e. The molecular formula is C15H9N5O8. The van der Waals surface area contributed by atoms with E-state index in [1.54, 1.807) is 0 Å². The van der Waals surface area contributed by atoms with E-state index < -0.39 is 44.8 Å². The van der Waals surface area contributed by atoms with Crippen molar-refractivity contribution in [3.8, 4) is 17.5 Å². The van der Waals surface area contributed by atoms with Crippen LogP contribution in [0, 0.1) is 10.1 Å². The number of nitrogens with one attached hydrogen (secondary N) is 4. The maximum absolute atomic E-state index is 12.4. The number of hydrogen-bond acceptors (Lipinski definition) is 8. The average Bonchev–Trinajstić information content (AvgIpc) is 2.59. The summed E-state index contributed by atoms with van der Waals surface area (Å²) in [6.45, 7) is 0. The van der Waals surface area contributed by atoms with Crippen LogP contribution in [0.2, 0.25) is 0 Å². The van der Waals surface area contributed by atoms with E-state index in [1.807, 2.05) is 15.0 Å². The molecule has 13 nitrogen and oxygen atoms in total. The summed E-state index contributed by atoms with van der Waals surface area (Å²) in [4.78, 5) is 66.4. The third kappa shape index (κ3) is 2.49. The molecule has 1 aliphatic heterocycles. The Kier molecular flexibility index (Phi) is 3.52. The minimum Gasteiger partial charge on any atom is -0.494 e. The van der Waals surface area contributed by atoms with Crippen molar-refractivity contribution in [2.24, 2.45) is 0 Å². The minimum absolute atomic E-state index is 0.00657. The molecule has 13 heteroatoms. The van der Waals surface area contributed by atoms with Gasteiger partial charge < -0.3 is 9.84 Å². The molecule has 0 radical (unpaired) electrons. The number of aromatic hydroxyl groups is 1. The van der Waals surface area contributed by atoms with E-state index in [2.05, 4.69) is 4.98 Å². The fraction of sp³-hybridized carbons (Fsp3) is 0.0667. The Labute approximate surface area is 151 Å². The number of non-ortho nitro benzene ring substituents is 1. The molecule has 0 saturated carbocycles. The van der Waals surface area contributed by atoms with Gasteiger partial charge in [-0.2, -0.15) is 0 Å². The third-order valence-electron chi connectivity index (χ3n) is 4.21. The number of hydrogen-bond donors (Lipinski definition) is 5. The van der Waals surface area contributed by atoms with Crippen LogP contribution in [-0.2, 0) is 0 Å². The van der Waals surface area contributed by atoms with Crippen LogP contribution >= 0.6 is 0 Å². The second kappa shape index (κ2) is 5.80. The highest BCUT2D eigenvalue weighted by Crippen LogP contribution is 2.46. The molecule has 2 aromatic heterocycles. The standard InChI is InChI=1S/C15H9N5O8/c21-10-8(11(22)17-14(24)16-10)7-5-3-4(20(26)27)1-2-6(5)28-13-9(7)12(23)18-15(25)19-13/h1-3,7H,(H2,18,19,23,25)(H3,16,17,21,22,24). The van der Waals surface area contributed by atoms with Gasteiger partial charge in [0.1, 0.15) is 5.75 Å². The van der Waals surface area contributed by atoms with Gasteiger partial charge in [0.15, 0.2) is 0 Å². The maximum atomic E-state index is 12.4. The topological polar surface area (TPSA) is 204 Å². The lowest BCUT2D eigenvalue weighted by molar-refractivity contribution is -0.384. The molecule has 0 aliphatic carbocycles. The quantitative estimate of drug-likeness (QED) is 0.220. The normalized spacial score (nSPS) is 14.6. The number of nitrogens with zero attached hydrogens (tertiary/aromatic N) is 1. The lowest BCUT2D eigenvalue weighted by Gasteiger charge is -2.26. The van der Waals surface area contributed by atoms with E-state index in [9.17, 15) is 34.4 Å². The number of ether oxygens (including phenoxy) is 1. The zero-order valence-corrected chi connectivity index (χ0v) is 13.6. The van der Waals surface area contributed by atoms with Gasteiger partial charge in [0.25, 0.3) is 16.8 Å². The molecule has 0 bridgehead atoms. The van der Waals surface area contributed by atoms with Crippen molar-refractivity contribution in [1.29, 1.82) is 0 Å². The van der Waals surface area contributed by atoms with Gasteiger partial charge in [-0.25, -0.2) is 9.59 Å². The highest BCUT2D eigenvalue weighted by molar-refractivity contribution is 5.59. The van der Waals surface area contributed by atoms with Crippen LogP contribution in [0.4, 0.5) is 5.69 Å². The summed E-state index contributed by atoms with van der Waals surface area (Å²) in [5.41, 5.74) is -4.93. The van der Waals surface area contributed by atoms with Crippen LogP contribution in [0.3, 0.4) is 0 Å². The maximum Gasteiger partial charge on any atom is 0.328 e. The summed E-state index contributed by atoms with van der Waals surface area (Å²) in [5.74, 6) is -2.51. The molecule has 1 unspecified atom stereocenters. The lowest BCUT2D eigenvalue weighted by atomic mass is 9.84. The Morgan fingerprint density at radius 2 is 1.61 bits per heavy atom. The van der Waals surface area contributed by atoms with E-state index in [1.165, 1.54) is 6.07 Å². The number of nitro benzene ring substituents is 1. The van der Waals surface area contributed by atoms with E-state index in [0.29, 0.717) is 0 Å². The highest BCUT2D eigenvalue weighted by atomic mass is 16.6. The molecule has 1 atom stereocenters. The van der Waals surface area contributed by atoms with E-state index in [-0.39, 0.29) is 28.4 Å². The molecule has 0 amide bonds. The lowest BCUT2D eigenvalue weighted by Crippen LogP contribution is -2.34. The molecule has 0 spiro atoms. The Balaban J connectivity index is 2.13. The van der Waals surface area contributed by atoms with Gasteiger partial charge in [-0.3, -0.25) is 39.6 Å². The van der Waals surface area contributed by atoms with Gasteiger partial charge in [0.05, 0.1) is 22.0 Å². The molecular weight excluding hydrogens is 378 g/mol. The number of H-pyrrole nitrogens is 4. The Hall–Kier alpha value is -4.42. The zero-order chi connectivity index (χ0) is 20.2. The van der Waals surface area contributed by atoms with E-state index >= 15 is 0 Å². The van der Waals surface area contributed by atoms with Gasteiger partial charge in [-0.05, 0) is 6.07 Å². The first-order valence-electron chi connectivity index (χ1n) is 7.64. The smallest absolute Gasteiger partial charge is 0.328 e. The number of nitro groups is 1. The Morgan fingerprint density at radius 1 is 0.964 bits per heavy atom. The first-order chi connectivity index (χ1) is 13.3. The summed E-state index contributed by atoms with van der Waals surface area (Å²) in [7, 11) is 0. The molecule has 1 aliphatic rings. The van der Waals surface area contributed by atoms with E-state index in [0.717, 1.165) is 12.1 Å². The SMILES string of the molecule is O=c1[nH]c(O)c(C2c3cc([N+](=O)[O-])ccc3Oc3[nH]c(=O)[nH]c(=O)c32)c(=O)[nH]1. The van der Waals surface area contributed by atoms with Crippen molar-refractivity contribution in [3.05, 3.63) is 86.7 Å². The molecule has 0 saturated heterocycles. The van der Waals surface area contributed by atoms with Crippen LogP contribution in [0.1, 0.15) is 22.6 Å². The van der Waals surface area contributed by atoms with Crippen LogP contribution in [0.5, 0.6) is 17.5 Å². The first kappa shape index (κ1) is 17.0. The van der Waals surface area contributed by atoms with Crippen molar-refractivity contribution < 1.29 is 14.8 Å². The van der Waals surface area contributed by atoms with Gasteiger partial charge >= 0.3 is 11.4 Å². The Morgan fingerprint density at radius 3 is 2.25 bits per heavy atom. The monoisotopic (exact) mass is 387 g/mol. The molecule has 0 fully saturated rings. The van der Waals surface area contributed by atoms with Gasteiger partial charge in [0, 0.05) is 17.7 Å². The van der Waals surface area contributed by atoms with Crippen LogP contribution in [0.25, 0.3) is 0 Å². The van der Waals surface area contributed by atoms with Crippen LogP contribution in [0.15, 0.2) is 37.4 Å². The number of aromatic amines is 4. The fourth-order valence-corrected chi connectivity index (χ4v) is 3.10.